The molecule has 2 aromatic carbocycles. The first-order chi connectivity index (χ1) is 14.4. The molecule has 2 amide bonds. The highest BCUT2D eigenvalue weighted by Gasteiger charge is 2.26. The van der Waals surface area contributed by atoms with Crippen LogP contribution in [0.1, 0.15) is 38.7 Å². The van der Waals surface area contributed by atoms with Crippen molar-refractivity contribution in [2.24, 2.45) is 0 Å². The number of carbonyl (C=O) groups excluding carboxylic acids is 3. The Morgan fingerprint density at radius 3 is 2.57 bits per heavy atom. The molecule has 1 atom stereocenters. The molecule has 0 saturated heterocycles. The molecule has 1 aliphatic rings. The minimum absolute atomic E-state index is 0.0275. The Labute approximate surface area is 176 Å². The van der Waals surface area contributed by atoms with E-state index < -0.39 is 18.0 Å². The third-order valence-corrected chi connectivity index (χ3v) is 4.87. The van der Waals surface area contributed by atoms with E-state index in [0.29, 0.717) is 17.1 Å². The van der Waals surface area contributed by atoms with E-state index in [1.54, 1.807) is 18.2 Å². The van der Waals surface area contributed by atoms with Gasteiger partial charge in [-0.05, 0) is 36.6 Å². The highest BCUT2D eigenvalue weighted by Crippen LogP contribution is 2.31. The molecule has 0 aliphatic carbocycles. The molecule has 1 heterocycles. The van der Waals surface area contributed by atoms with E-state index in [-0.39, 0.29) is 31.4 Å². The molecule has 2 aromatic rings. The van der Waals surface area contributed by atoms with Crippen molar-refractivity contribution in [1.29, 1.82) is 0 Å². The van der Waals surface area contributed by atoms with Crippen molar-refractivity contribution < 1.29 is 23.9 Å². The van der Waals surface area contributed by atoms with Crippen molar-refractivity contribution in [3.8, 4) is 5.75 Å². The van der Waals surface area contributed by atoms with Crippen molar-refractivity contribution >= 4 is 29.2 Å². The van der Waals surface area contributed by atoms with Gasteiger partial charge in [0.05, 0.1) is 12.1 Å². The summed E-state index contributed by atoms with van der Waals surface area (Å²) in [5.41, 5.74) is 2.34. The average Bonchev–Trinajstić information content (AvgIpc) is 2.73. The fourth-order valence-electron chi connectivity index (χ4n) is 3.26. The van der Waals surface area contributed by atoms with Gasteiger partial charge in [0, 0.05) is 12.2 Å². The Morgan fingerprint density at radius 2 is 1.80 bits per heavy atom. The summed E-state index contributed by atoms with van der Waals surface area (Å²) in [4.78, 5) is 38.4. The molecule has 7 nitrogen and oxygen atoms in total. The number of amides is 2. The summed E-state index contributed by atoms with van der Waals surface area (Å²) in [7, 11) is 0. The smallest absolute Gasteiger partial charge is 0.308 e. The normalized spacial score (nSPS) is 14.0. The van der Waals surface area contributed by atoms with Crippen LogP contribution in [-0.4, -0.2) is 37.0 Å². The number of carbonyl (C=O) groups is 3. The first-order valence-corrected chi connectivity index (χ1v) is 9.98. The number of para-hydroxylation sites is 3. The second-order valence-electron chi connectivity index (χ2n) is 7.42. The molecule has 0 fully saturated rings. The highest BCUT2D eigenvalue weighted by atomic mass is 16.5. The van der Waals surface area contributed by atoms with Crippen LogP contribution in [0.15, 0.2) is 48.5 Å². The quantitative estimate of drug-likeness (QED) is 0.706. The fourth-order valence-corrected chi connectivity index (χ4v) is 3.26. The Kier molecular flexibility index (Phi) is 6.72. The van der Waals surface area contributed by atoms with E-state index in [1.165, 1.54) is 11.8 Å². The van der Waals surface area contributed by atoms with Crippen LogP contribution < -0.4 is 15.0 Å². The molecule has 0 spiro atoms. The number of anilines is 2. The number of hydrogen-bond donors (Lipinski definition) is 1. The summed E-state index contributed by atoms with van der Waals surface area (Å²) in [6.07, 6.45) is -0.981. The first kappa shape index (κ1) is 21.4. The largest absolute Gasteiger partial charge is 0.482 e. The highest BCUT2D eigenvalue weighted by molar-refractivity contribution is 5.98. The van der Waals surface area contributed by atoms with Crippen LogP contribution >= 0.6 is 0 Å². The van der Waals surface area contributed by atoms with Gasteiger partial charge in [-0.2, -0.15) is 0 Å². The van der Waals surface area contributed by atoms with Gasteiger partial charge >= 0.3 is 5.97 Å². The predicted octanol–water partition coefficient (Wildman–Crippen LogP) is 3.50. The van der Waals surface area contributed by atoms with E-state index in [0.717, 1.165) is 5.56 Å². The fraction of sp³-hybridized carbons (Fsp3) is 0.348. The molecule has 7 heteroatoms. The third kappa shape index (κ3) is 4.97. The second-order valence-corrected chi connectivity index (χ2v) is 7.42. The van der Waals surface area contributed by atoms with Crippen LogP contribution in [0, 0.1) is 0 Å². The molecule has 1 aliphatic heterocycles. The van der Waals surface area contributed by atoms with Crippen LogP contribution in [0.2, 0.25) is 0 Å². The van der Waals surface area contributed by atoms with Gasteiger partial charge in [0.2, 0.25) is 0 Å². The van der Waals surface area contributed by atoms with Gasteiger partial charge in [-0.3, -0.25) is 14.4 Å². The van der Waals surface area contributed by atoms with Crippen LogP contribution in [0.25, 0.3) is 0 Å². The molecule has 0 bridgehead atoms. The maximum absolute atomic E-state index is 12.5. The van der Waals surface area contributed by atoms with E-state index in [9.17, 15) is 14.4 Å². The Bertz CT molecular complexity index is 941. The number of esters is 1. The molecule has 0 saturated carbocycles. The number of benzene rings is 2. The first-order valence-electron chi connectivity index (χ1n) is 9.98. The van der Waals surface area contributed by atoms with Crippen molar-refractivity contribution in [3.05, 3.63) is 54.1 Å². The van der Waals surface area contributed by atoms with Gasteiger partial charge in [-0.15, -0.1) is 0 Å². The monoisotopic (exact) mass is 410 g/mol. The molecule has 1 N–H and O–H groups in total. The summed E-state index contributed by atoms with van der Waals surface area (Å²) in [5.74, 6) is -0.330. The third-order valence-electron chi connectivity index (χ3n) is 4.87. The maximum atomic E-state index is 12.5. The van der Waals surface area contributed by atoms with Crippen molar-refractivity contribution in [2.75, 3.05) is 23.4 Å². The standard InChI is InChI=1S/C23H26N2O5/c1-15(2)17-8-4-5-9-18(17)24-23(28)16(3)30-22(27)12-13-25-19-10-6-7-11-20(19)29-14-21(25)26/h4-11,15-16H,12-14H2,1-3H3,(H,24,28)/t16-/m0/s1. The SMILES string of the molecule is CC(C)c1ccccc1NC(=O)[C@H](C)OC(=O)CCN1C(=O)COc2ccccc21. The molecule has 3 rings (SSSR count). The molecular weight excluding hydrogens is 384 g/mol. The van der Waals surface area contributed by atoms with Gasteiger partial charge in [-0.1, -0.05) is 44.2 Å². The summed E-state index contributed by atoms with van der Waals surface area (Å²) in [6, 6.07) is 14.7. The number of rotatable bonds is 7. The topological polar surface area (TPSA) is 84.9 Å². The minimum Gasteiger partial charge on any atom is -0.482 e. The van der Waals surface area contributed by atoms with Crippen molar-refractivity contribution in [2.45, 2.75) is 39.2 Å². The van der Waals surface area contributed by atoms with E-state index in [1.807, 2.05) is 44.2 Å². The zero-order valence-electron chi connectivity index (χ0n) is 17.4. The van der Waals surface area contributed by atoms with E-state index >= 15 is 0 Å². The minimum atomic E-state index is -0.953. The zero-order valence-corrected chi connectivity index (χ0v) is 17.4. The van der Waals surface area contributed by atoms with E-state index in [2.05, 4.69) is 5.32 Å². The number of fused-ring (bicyclic) bond motifs is 1. The average molecular weight is 410 g/mol. The molecule has 158 valence electrons. The van der Waals surface area contributed by atoms with E-state index in [4.69, 9.17) is 9.47 Å². The van der Waals surface area contributed by atoms with Gasteiger partial charge in [-0.25, -0.2) is 0 Å². The lowest BCUT2D eigenvalue weighted by Crippen LogP contribution is -2.40. The van der Waals surface area contributed by atoms with Crippen LogP contribution in [0.4, 0.5) is 11.4 Å². The maximum Gasteiger partial charge on any atom is 0.308 e. The molecule has 0 aromatic heterocycles. The Morgan fingerprint density at radius 1 is 1.10 bits per heavy atom. The zero-order chi connectivity index (χ0) is 21.7. The van der Waals surface area contributed by atoms with Gasteiger partial charge in [0.25, 0.3) is 11.8 Å². The van der Waals surface area contributed by atoms with Crippen LogP contribution in [0.5, 0.6) is 5.75 Å². The Hall–Kier alpha value is -3.35. The van der Waals surface area contributed by atoms with Crippen molar-refractivity contribution in [1.82, 2.24) is 0 Å². The number of ether oxygens (including phenoxy) is 2. The second kappa shape index (κ2) is 9.43. The van der Waals surface area contributed by atoms with Crippen LogP contribution in [0.3, 0.4) is 0 Å². The lowest BCUT2D eigenvalue weighted by molar-refractivity contribution is -0.153. The molecule has 0 unspecified atom stereocenters. The molecule has 30 heavy (non-hydrogen) atoms. The van der Waals surface area contributed by atoms with Gasteiger partial charge in [0.1, 0.15) is 5.75 Å². The molecular formula is C23H26N2O5. The Balaban J connectivity index is 1.55. The summed E-state index contributed by atoms with van der Waals surface area (Å²) < 4.78 is 10.7. The van der Waals surface area contributed by atoms with Crippen LogP contribution in [-0.2, 0) is 19.1 Å². The number of nitrogens with zero attached hydrogens (tertiary/aromatic N) is 1. The van der Waals surface area contributed by atoms with Gasteiger partial charge in [0.15, 0.2) is 12.7 Å². The van der Waals surface area contributed by atoms with Crippen molar-refractivity contribution in [3.63, 3.8) is 0 Å². The lowest BCUT2D eigenvalue weighted by atomic mass is 10.0. The lowest BCUT2D eigenvalue weighted by Gasteiger charge is -2.29. The van der Waals surface area contributed by atoms with Gasteiger partial charge < -0.3 is 19.7 Å². The number of nitrogens with one attached hydrogen (secondary N) is 1. The summed E-state index contributed by atoms with van der Waals surface area (Å²) >= 11 is 0. The number of hydrogen-bond acceptors (Lipinski definition) is 5. The predicted molar refractivity (Wildman–Crippen MR) is 114 cm³/mol. The molecule has 0 radical (unpaired) electrons. The summed E-state index contributed by atoms with van der Waals surface area (Å²) in [5, 5.41) is 2.83. The summed E-state index contributed by atoms with van der Waals surface area (Å²) in [6.45, 7) is 5.70.